The number of esters is 1. The van der Waals surface area contributed by atoms with Crippen LogP contribution in [-0.4, -0.2) is 41.0 Å². The molecule has 0 bridgehead atoms. The SMILES string of the molecule is [2H]N[C@@H](Cc1ccccc1)C(=O)C(=O)OC(N[C@@H](CC1C=C(Br)NO1)C(=O)O)c1ccccc1. The van der Waals surface area contributed by atoms with Crippen molar-refractivity contribution < 1.29 is 30.5 Å². The number of carbonyl (C=O) groups excluding carboxylic acids is 2. The first-order chi connectivity index (χ1) is 16.4. The van der Waals surface area contributed by atoms with Gasteiger partial charge in [-0.25, -0.2) is 4.79 Å². The molecule has 0 aliphatic carbocycles. The van der Waals surface area contributed by atoms with E-state index in [9.17, 15) is 19.5 Å². The second-order valence-corrected chi connectivity index (χ2v) is 8.22. The summed E-state index contributed by atoms with van der Waals surface area (Å²) in [7, 11) is 0. The second-order valence-electron chi connectivity index (χ2n) is 7.37. The minimum absolute atomic E-state index is 0.0250. The zero-order valence-electron chi connectivity index (χ0n) is 18.4. The molecular formula is C23H24BrN3O6. The van der Waals surface area contributed by atoms with Crippen LogP contribution in [0.3, 0.4) is 0 Å². The molecule has 0 fully saturated rings. The number of Topliss-reactive ketones (excluding diaryl/α,β-unsaturated/α-hetero) is 1. The summed E-state index contributed by atoms with van der Waals surface area (Å²) in [6.07, 6.45) is 0.0472. The standard InChI is InChI=1S/C23H24BrN3O6/c24-19-13-16(33-27-19)12-18(22(29)30)26-21(15-9-5-2-6-10-15)32-23(31)20(28)17(25)11-14-7-3-1-4-8-14/h1-10,13,16-18,21,26-27H,11-12,25H2,(H,29,30)/t16?,17-,18-,21?/m0/s1/i/hD. The van der Waals surface area contributed by atoms with Gasteiger partial charge in [0.15, 0.2) is 6.23 Å². The van der Waals surface area contributed by atoms with Crippen molar-refractivity contribution in [3.05, 3.63) is 82.5 Å². The lowest BCUT2D eigenvalue weighted by Crippen LogP contribution is -2.45. The van der Waals surface area contributed by atoms with E-state index in [0.29, 0.717) is 10.2 Å². The summed E-state index contributed by atoms with van der Waals surface area (Å²) in [6.45, 7) is 0. The molecule has 4 atom stereocenters. The summed E-state index contributed by atoms with van der Waals surface area (Å²) in [5.41, 5.74) is 5.91. The van der Waals surface area contributed by atoms with Crippen molar-refractivity contribution in [2.75, 3.05) is 0 Å². The maximum absolute atomic E-state index is 12.7. The van der Waals surface area contributed by atoms with Crippen LogP contribution in [0.4, 0.5) is 0 Å². The monoisotopic (exact) mass is 518 g/mol. The first-order valence-corrected chi connectivity index (χ1v) is 11.0. The summed E-state index contributed by atoms with van der Waals surface area (Å²) in [5, 5.41) is 12.5. The van der Waals surface area contributed by atoms with Crippen molar-refractivity contribution in [1.29, 1.82) is 0 Å². The molecule has 9 nitrogen and oxygen atoms in total. The Morgan fingerprint density at radius 3 is 2.42 bits per heavy atom. The molecule has 174 valence electrons. The van der Waals surface area contributed by atoms with Crippen LogP contribution in [0.2, 0.25) is 1.41 Å². The molecule has 33 heavy (non-hydrogen) atoms. The van der Waals surface area contributed by atoms with Gasteiger partial charge in [0.05, 0.1) is 6.04 Å². The molecule has 5 N–H and O–H groups in total. The van der Waals surface area contributed by atoms with Gasteiger partial charge in [-0.1, -0.05) is 60.7 Å². The zero-order chi connectivity index (χ0) is 24.5. The minimum atomic E-state index is -1.22. The number of ketones is 1. The van der Waals surface area contributed by atoms with Gasteiger partial charge < -0.3 is 15.6 Å². The minimum Gasteiger partial charge on any atom is -0.480 e. The van der Waals surface area contributed by atoms with Crippen molar-refractivity contribution in [1.82, 2.24) is 10.8 Å². The Kier molecular flexibility index (Phi) is 8.20. The quantitative estimate of drug-likeness (QED) is 0.143. The Morgan fingerprint density at radius 2 is 1.85 bits per heavy atom. The molecular weight excluding hydrogens is 494 g/mol. The molecule has 1 aliphatic heterocycles. The number of hydroxylamine groups is 1. The van der Waals surface area contributed by atoms with Crippen LogP contribution in [-0.2, 0) is 30.4 Å². The number of halogens is 1. The van der Waals surface area contributed by atoms with Crippen molar-refractivity contribution in [3.8, 4) is 0 Å². The molecule has 1 aliphatic rings. The number of rotatable bonds is 12. The highest BCUT2D eigenvalue weighted by molar-refractivity contribution is 9.11. The van der Waals surface area contributed by atoms with E-state index >= 15 is 0 Å². The summed E-state index contributed by atoms with van der Waals surface area (Å²) >= 11 is 3.21. The van der Waals surface area contributed by atoms with Gasteiger partial charge in [0.25, 0.3) is 5.78 Å². The Morgan fingerprint density at radius 1 is 1.18 bits per heavy atom. The Bertz CT molecular complexity index is 1020. The molecule has 10 heteroatoms. The van der Waals surface area contributed by atoms with Crippen molar-refractivity contribution >= 4 is 33.7 Å². The average molecular weight is 519 g/mol. The van der Waals surface area contributed by atoms with Gasteiger partial charge in [-0.2, -0.15) is 0 Å². The van der Waals surface area contributed by atoms with Crippen LogP contribution in [0.5, 0.6) is 0 Å². The lowest BCUT2D eigenvalue weighted by atomic mass is 10.0. The zero-order valence-corrected chi connectivity index (χ0v) is 19.0. The molecule has 0 aromatic heterocycles. The van der Waals surface area contributed by atoms with E-state index in [2.05, 4.69) is 32.5 Å². The van der Waals surface area contributed by atoms with E-state index in [1.165, 1.54) is 0 Å². The highest BCUT2D eigenvalue weighted by Crippen LogP contribution is 2.20. The third kappa shape index (κ3) is 7.22. The normalized spacial score (nSPS) is 18.3. The number of carboxylic acids is 1. The number of carbonyl (C=O) groups is 3. The van der Waals surface area contributed by atoms with Crippen LogP contribution in [0.1, 0.15) is 23.8 Å². The summed E-state index contributed by atoms with van der Waals surface area (Å²) in [6, 6.07) is 15.1. The third-order valence-electron chi connectivity index (χ3n) is 4.89. The van der Waals surface area contributed by atoms with E-state index in [1.807, 2.05) is 6.07 Å². The maximum atomic E-state index is 12.7. The van der Waals surface area contributed by atoms with Crippen LogP contribution in [0.15, 0.2) is 71.3 Å². The van der Waals surface area contributed by atoms with E-state index in [1.54, 1.807) is 60.7 Å². The first-order valence-electron chi connectivity index (χ1n) is 10.7. The Labute approximate surface area is 200 Å². The van der Waals surface area contributed by atoms with Crippen molar-refractivity contribution in [2.24, 2.45) is 5.73 Å². The van der Waals surface area contributed by atoms with Crippen molar-refractivity contribution in [2.45, 2.75) is 37.3 Å². The molecule has 0 radical (unpaired) electrons. The number of hydrogen-bond donors (Lipinski definition) is 4. The smallest absolute Gasteiger partial charge is 0.378 e. The van der Waals surface area contributed by atoms with Gasteiger partial charge in [-0.3, -0.25) is 25.2 Å². The van der Waals surface area contributed by atoms with Gasteiger partial charge in [0.1, 0.15) is 18.2 Å². The first kappa shape index (κ1) is 23.1. The fourth-order valence-electron chi connectivity index (χ4n) is 3.21. The summed E-state index contributed by atoms with van der Waals surface area (Å²) in [4.78, 5) is 42.6. The number of nitrogens with two attached hydrogens (primary N) is 1. The van der Waals surface area contributed by atoms with Gasteiger partial charge in [0, 0.05) is 12.0 Å². The molecule has 0 amide bonds. The summed E-state index contributed by atoms with van der Waals surface area (Å²) in [5.74, 6) is -3.31. The largest absolute Gasteiger partial charge is 0.480 e. The molecule has 3 rings (SSSR count). The number of carboxylic acid groups (broad SMARTS) is 1. The molecule has 2 unspecified atom stereocenters. The number of benzene rings is 2. The summed E-state index contributed by atoms with van der Waals surface area (Å²) < 4.78 is 13.5. The van der Waals surface area contributed by atoms with Crippen LogP contribution < -0.4 is 16.5 Å². The van der Waals surface area contributed by atoms with Gasteiger partial charge in [-0.15, -0.1) is 0 Å². The predicted octanol–water partition coefficient (Wildman–Crippen LogP) is 1.94. The lowest BCUT2D eigenvalue weighted by molar-refractivity contribution is -0.162. The molecule has 1 heterocycles. The molecule has 0 saturated carbocycles. The average Bonchev–Trinajstić information content (AvgIpc) is 3.26. The van der Waals surface area contributed by atoms with Gasteiger partial charge >= 0.3 is 11.9 Å². The molecule has 2 aromatic rings. The fraction of sp³-hybridized carbons (Fsp3) is 0.261. The molecule has 2 aromatic carbocycles. The van der Waals surface area contributed by atoms with Crippen LogP contribution in [0.25, 0.3) is 0 Å². The third-order valence-corrected chi connectivity index (χ3v) is 5.31. The topological polar surface area (TPSA) is 140 Å². The van der Waals surface area contributed by atoms with Gasteiger partial charge in [-0.05, 0) is 34.0 Å². The van der Waals surface area contributed by atoms with E-state index in [-0.39, 0.29) is 12.8 Å². The highest BCUT2D eigenvalue weighted by Gasteiger charge is 2.32. The predicted molar refractivity (Wildman–Crippen MR) is 123 cm³/mol. The van der Waals surface area contributed by atoms with Crippen LogP contribution in [0, 0.1) is 0 Å². The van der Waals surface area contributed by atoms with E-state index in [4.69, 9.17) is 11.0 Å². The number of nitrogens with one attached hydrogen (secondary N) is 2. The molecule has 0 spiro atoms. The molecule has 0 saturated heterocycles. The Hall–Kier alpha value is -3.05. The van der Waals surface area contributed by atoms with Gasteiger partial charge in [0.2, 0.25) is 0 Å². The fourth-order valence-corrected chi connectivity index (χ4v) is 3.60. The van der Waals surface area contributed by atoms with E-state index in [0.717, 1.165) is 5.56 Å². The highest BCUT2D eigenvalue weighted by atomic mass is 79.9. The van der Waals surface area contributed by atoms with E-state index < -0.39 is 42.1 Å². The van der Waals surface area contributed by atoms with Crippen molar-refractivity contribution in [3.63, 3.8) is 0 Å². The lowest BCUT2D eigenvalue weighted by Gasteiger charge is -2.25. The Balaban J connectivity index is 1.74. The second kappa shape index (κ2) is 11.7. The number of ether oxygens (including phenoxy) is 1. The number of hydrogen-bond acceptors (Lipinski definition) is 8. The number of aliphatic carboxylic acids is 1. The van der Waals surface area contributed by atoms with Crippen LogP contribution >= 0.6 is 15.9 Å². The maximum Gasteiger partial charge on any atom is 0.378 e.